The standard InChI is InChI=1S/C50H45N4O.Pt/c1-50(2,3)36-21-22-51-48(28-36)54-44-16-7-6-15-42(44)40-13-4-5-14-41(40)43-20-19-39(30-47(43)54)55-38-12-10-11-37(29-38)52-31-53(46-18-9-8-17-45(46)52)49-34-24-32-23-33(26-34)27-35(49)25-32;/h4-22,28,31-35,49H,23-27H2,1-3H3;/q-3;. The molecule has 1 aromatic heterocycles. The number of fused-ring (bicyclic) bond motifs is 6. The number of hydrogen-bond donors (Lipinski definition) is 0. The van der Waals surface area contributed by atoms with E-state index in [0.717, 1.165) is 63.2 Å². The molecule has 0 saturated heterocycles. The number of aromatic nitrogens is 1. The largest absolute Gasteiger partial charge is 0.509 e. The zero-order valence-electron chi connectivity index (χ0n) is 32.1. The predicted octanol–water partition coefficient (Wildman–Crippen LogP) is 12.8. The van der Waals surface area contributed by atoms with Crippen LogP contribution in [0.1, 0.15) is 58.4 Å². The molecule has 4 aliphatic carbocycles. The van der Waals surface area contributed by atoms with E-state index in [-0.39, 0.29) is 26.5 Å². The molecule has 3 heterocycles. The molecule has 56 heavy (non-hydrogen) atoms. The summed E-state index contributed by atoms with van der Waals surface area (Å²) in [7, 11) is 0. The van der Waals surface area contributed by atoms with E-state index in [4.69, 9.17) is 9.72 Å². The van der Waals surface area contributed by atoms with Crippen LogP contribution in [0.25, 0.3) is 22.3 Å². The van der Waals surface area contributed by atoms with Gasteiger partial charge in [0, 0.05) is 61.7 Å². The fourth-order valence-corrected chi connectivity index (χ4v) is 10.8. The first-order valence-corrected chi connectivity index (χ1v) is 20.1. The Balaban J connectivity index is 0.00000384. The number of anilines is 6. The van der Waals surface area contributed by atoms with E-state index in [9.17, 15) is 0 Å². The molecule has 0 N–H and O–H groups in total. The molecule has 12 rings (SSSR count). The minimum atomic E-state index is -0.0374. The Labute approximate surface area is 345 Å². The third-order valence-electron chi connectivity index (χ3n) is 13.0. The summed E-state index contributed by atoms with van der Waals surface area (Å²) < 4.78 is 6.72. The normalized spacial score (nSPS) is 22.8. The third kappa shape index (κ3) is 5.88. The van der Waals surface area contributed by atoms with Crippen molar-refractivity contribution in [3.8, 4) is 33.8 Å². The fraction of sp³-hybridized carbons (Fsp3) is 0.280. The molecule has 6 heteroatoms. The van der Waals surface area contributed by atoms with Crippen molar-refractivity contribution in [2.45, 2.75) is 64.3 Å². The van der Waals surface area contributed by atoms with Crippen molar-refractivity contribution >= 4 is 34.3 Å². The molecule has 4 fully saturated rings. The van der Waals surface area contributed by atoms with Gasteiger partial charge in [0.1, 0.15) is 5.82 Å². The van der Waals surface area contributed by atoms with E-state index in [1.807, 2.05) is 18.3 Å². The van der Waals surface area contributed by atoms with Gasteiger partial charge in [-0.05, 0) is 103 Å². The van der Waals surface area contributed by atoms with E-state index in [0.29, 0.717) is 17.5 Å². The third-order valence-corrected chi connectivity index (χ3v) is 13.0. The van der Waals surface area contributed by atoms with E-state index >= 15 is 0 Å². The van der Waals surface area contributed by atoms with Crippen LogP contribution in [0.15, 0.2) is 121 Å². The van der Waals surface area contributed by atoms with E-state index in [1.54, 1.807) is 0 Å². The van der Waals surface area contributed by atoms with Crippen LogP contribution >= 0.6 is 0 Å². The fourth-order valence-electron chi connectivity index (χ4n) is 10.8. The van der Waals surface area contributed by atoms with Gasteiger partial charge in [0.2, 0.25) is 0 Å². The number of rotatable bonds is 5. The Kier molecular flexibility index (Phi) is 8.67. The predicted molar refractivity (Wildman–Crippen MR) is 222 cm³/mol. The van der Waals surface area contributed by atoms with Gasteiger partial charge in [-0.3, -0.25) is 0 Å². The molecule has 6 aliphatic rings. The molecule has 0 amide bonds. The molecule has 5 aromatic carbocycles. The summed E-state index contributed by atoms with van der Waals surface area (Å²) in [4.78, 5) is 12.2. The van der Waals surface area contributed by atoms with Gasteiger partial charge in [-0.25, -0.2) is 4.98 Å². The van der Waals surface area contributed by atoms with Gasteiger partial charge in [-0.2, -0.15) is 18.8 Å². The maximum absolute atomic E-state index is 6.72. The molecule has 284 valence electrons. The second-order valence-corrected chi connectivity index (χ2v) is 17.4. The van der Waals surface area contributed by atoms with Crippen LogP contribution in [0, 0.1) is 42.5 Å². The van der Waals surface area contributed by atoms with Gasteiger partial charge in [0.05, 0.1) is 5.69 Å². The minimum absolute atomic E-state index is 0. The molecule has 0 radical (unpaired) electrons. The van der Waals surface area contributed by atoms with E-state index < -0.39 is 0 Å². The number of hydrogen-bond acceptors (Lipinski definition) is 5. The van der Waals surface area contributed by atoms with Gasteiger partial charge in [0.15, 0.2) is 0 Å². The second-order valence-electron chi connectivity index (χ2n) is 17.4. The van der Waals surface area contributed by atoms with Gasteiger partial charge in [0.25, 0.3) is 0 Å². The summed E-state index contributed by atoms with van der Waals surface area (Å²) in [6.45, 7) is 9.09. The van der Waals surface area contributed by atoms with Gasteiger partial charge in [-0.1, -0.05) is 86.6 Å². The molecule has 4 saturated carbocycles. The zero-order valence-corrected chi connectivity index (χ0v) is 34.3. The summed E-state index contributed by atoms with van der Waals surface area (Å²) in [6, 6.07) is 48.9. The summed E-state index contributed by atoms with van der Waals surface area (Å²) in [5.74, 6) is 5.59. The van der Waals surface area contributed by atoms with E-state index in [1.165, 1.54) is 54.6 Å². The van der Waals surface area contributed by atoms with Crippen LogP contribution in [0.4, 0.5) is 34.3 Å². The molecule has 0 atom stereocenters. The minimum Gasteiger partial charge on any atom is -0.509 e. The Bertz CT molecular complexity index is 2430. The summed E-state index contributed by atoms with van der Waals surface area (Å²) in [5, 5.41) is 0. The maximum atomic E-state index is 6.72. The monoisotopic (exact) mass is 912 g/mol. The Morgan fingerprint density at radius 3 is 2.02 bits per heavy atom. The van der Waals surface area contributed by atoms with Crippen molar-refractivity contribution in [1.82, 2.24) is 4.98 Å². The maximum Gasteiger partial charge on any atom is 0.135 e. The first kappa shape index (κ1) is 35.5. The van der Waals surface area contributed by atoms with Gasteiger partial charge < -0.3 is 19.4 Å². The molecular formula is C50H45N4OPt-3. The van der Waals surface area contributed by atoms with Crippen molar-refractivity contribution in [2.75, 3.05) is 14.7 Å². The van der Waals surface area contributed by atoms with Gasteiger partial charge in [-0.15, -0.1) is 41.6 Å². The number of para-hydroxylation sites is 3. The van der Waals surface area contributed by atoms with Crippen LogP contribution in [-0.4, -0.2) is 11.0 Å². The topological polar surface area (TPSA) is 31.8 Å². The molecule has 5 nitrogen and oxygen atoms in total. The molecule has 6 aromatic rings. The average Bonchev–Trinajstić information content (AvgIpc) is 3.52. The Morgan fingerprint density at radius 2 is 1.29 bits per heavy atom. The molecule has 2 aliphatic heterocycles. The van der Waals surface area contributed by atoms with Crippen LogP contribution in [0.2, 0.25) is 0 Å². The van der Waals surface area contributed by atoms with Crippen LogP contribution in [-0.2, 0) is 26.5 Å². The van der Waals surface area contributed by atoms with E-state index in [2.05, 4.69) is 157 Å². The van der Waals surface area contributed by atoms with Crippen LogP contribution in [0.5, 0.6) is 11.5 Å². The smallest absolute Gasteiger partial charge is 0.135 e. The number of ether oxygens (including phenoxy) is 1. The summed E-state index contributed by atoms with van der Waals surface area (Å²) in [6.07, 6.45) is 8.96. The number of pyridine rings is 1. The van der Waals surface area contributed by atoms with Crippen molar-refractivity contribution < 1.29 is 25.8 Å². The molecular weight excluding hydrogens is 868 g/mol. The van der Waals surface area contributed by atoms with Crippen molar-refractivity contribution in [2.24, 2.45) is 23.7 Å². The molecule has 4 bridgehead atoms. The molecule has 0 spiro atoms. The number of benzene rings is 5. The van der Waals surface area contributed by atoms with Crippen molar-refractivity contribution in [1.29, 1.82) is 0 Å². The summed E-state index contributed by atoms with van der Waals surface area (Å²) >= 11 is 0. The van der Waals surface area contributed by atoms with Crippen molar-refractivity contribution in [3.05, 3.63) is 146 Å². The Morgan fingerprint density at radius 1 is 0.643 bits per heavy atom. The number of nitrogens with zero attached hydrogens (tertiary/aromatic N) is 4. The van der Waals surface area contributed by atoms with Gasteiger partial charge >= 0.3 is 0 Å². The SMILES string of the molecule is CC(C)(C)c1ccnc(N2c3[c-]c(Oc4[c-]c(N5[CH-]N(C6C7CC8CC(C7)CC6C8)c6ccccc65)ccc4)ccc3-c3ccccc3-c3ccccc32)c1.[Pt]. The zero-order chi connectivity index (χ0) is 36.8. The first-order valence-electron chi connectivity index (χ1n) is 20.1. The molecule has 0 unspecified atom stereocenters. The van der Waals surface area contributed by atoms with Crippen LogP contribution in [0.3, 0.4) is 0 Å². The van der Waals surface area contributed by atoms with Crippen molar-refractivity contribution in [3.63, 3.8) is 0 Å². The summed E-state index contributed by atoms with van der Waals surface area (Å²) in [5.41, 5.74) is 11.2. The average molecular weight is 913 g/mol. The Hall–Kier alpha value is -4.86. The quantitative estimate of drug-likeness (QED) is 0.161. The second kappa shape index (κ2) is 13.7. The first-order chi connectivity index (χ1) is 26.9. The van der Waals surface area contributed by atoms with Crippen LogP contribution < -0.4 is 19.4 Å².